The smallest absolute Gasteiger partial charge is 0.226 e. The van der Waals surface area contributed by atoms with Crippen LogP contribution in [0.4, 0.5) is 11.8 Å². The first kappa shape index (κ1) is 15.9. The molecule has 1 fully saturated rings. The highest BCUT2D eigenvalue weighted by Crippen LogP contribution is 2.34. The summed E-state index contributed by atoms with van der Waals surface area (Å²) in [6.45, 7) is 4.82. The Balaban J connectivity index is 1.97. The van der Waals surface area contributed by atoms with Gasteiger partial charge >= 0.3 is 0 Å². The molecule has 8 heteroatoms. The van der Waals surface area contributed by atoms with Crippen LogP contribution in [0.15, 0.2) is 6.33 Å². The van der Waals surface area contributed by atoms with E-state index >= 15 is 0 Å². The van der Waals surface area contributed by atoms with E-state index in [-0.39, 0.29) is 18.4 Å². The average molecular weight is 320 g/mol. The zero-order valence-corrected chi connectivity index (χ0v) is 14.0. The van der Waals surface area contributed by atoms with Crippen molar-refractivity contribution in [3.05, 3.63) is 6.33 Å². The molecule has 0 amide bonds. The van der Waals surface area contributed by atoms with Crippen molar-refractivity contribution in [3.63, 3.8) is 0 Å². The normalized spacial score (nSPS) is 24.3. The predicted molar refractivity (Wildman–Crippen MR) is 88.6 cm³/mol. The van der Waals surface area contributed by atoms with E-state index in [2.05, 4.69) is 32.5 Å². The summed E-state index contributed by atoms with van der Waals surface area (Å²) >= 11 is 0. The Bertz CT molecular complexity index is 673. The Hall–Kier alpha value is -1.93. The van der Waals surface area contributed by atoms with Crippen molar-refractivity contribution in [2.45, 2.75) is 45.1 Å². The van der Waals surface area contributed by atoms with Crippen LogP contribution in [0.3, 0.4) is 0 Å². The minimum Gasteiger partial charge on any atom is -0.376 e. The number of ether oxygens (including phenoxy) is 2. The third-order valence-electron chi connectivity index (χ3n) is 4.16. The summed E-state index contributed by atoms with van der Waals surface area (Å²) in [6.07, 6.45) is 3.59. The van der Waals surface area contributed by atoms with Gasteiger partial charge in [-0.25, -0.2) is 4.98 Å². The van der Waals surface area contributed by atoms with Crippen LogP contribution < -0.4 is 10.6 Å². The van der Waals surface area contributed by atoms with Crippen LogP contribution in [-0.4, -0.2) is 52.4 Å². The van der Waals surface area contributed by atoms with Crippen molar-refractivity contribution >= 4 is 22.9 Å². The van der Waals surface area contributed by atoms with Gasteiger partial charge < -0.3 is 20.1 Å². The molecule has 2 aromatic rings. The topological polar surface area (TPSA) is 86.1 Å². The summed E-state index contributed by atoms with van der Waals surface area (Å²) in [5, 5.41) is 6.05. The molecule has 0 spiro atoms. The minimum absolute atomic E-state index is 0.103. The fourth-order valence-corrected chi connectivity index (χ4v) is 3.04. The SMILES string of the molecule is CCOC1C[C@H](n2cnc3c(NC)nc(NC)nc32)O[C@@H]1CC. The van der Waals surface area contributed by atoms with Crippen LogP contribution in [0.1, 0.15) is 32.9 Å². The highest BCUT2D eigenvalue weighted by Gasteiger charge is 2.36. The van der Waals surface area contributed by atoms with Gasteiger partial charge in [0.2, 0.25) is 5.95 Å². The molecule has 8 nitrogen and oxygen atoms in total. The third kappa shape index (κ3) is 2.84. The van der Waals surface area contributed by atoms with Gasteiger partial charge in [-0.05, 0) is 13.3 Å². The van der Waals surface area contributed by atoms with E-state index in [9.17, 15) is 0 Å². The Kier molecular flexibility index (Phi) is 4.63. The highest BCUT2D eigenvalue weighted by molar-refractivity contribution is 5.84. The second-order valence-corrected chi connectivity index (χ2v) is 5.49. The lowest BCUT2D eigenvalue weighted by molar-refractivity contribution is -0.0359. The number of nitrogens with zero attached hydrogens (tertiary/aromatic N) is 4. The van der Waals surface area contributed by atoms with Crippen LogP contribution in [0.5, 0.6) is 0 Å². The summed E-state index contributed by atoms with van der Waals surface area (Å²) in [6, 6.07) is 0. The van der Waals surface area contributed by atoms with Crippen LogP contribution in [0.25, 0.3) is 11.2 Å². The second kappa shape index (κ2) is 6.67. The number of anilines is 2. The van der Waals surface area contributed by atoms with E-state index in [1.807, 2.05) is 18.5 Å². The molecule has 0 saturated carbocycles. The molecule has 3 atom stereocenters. The fraction of sp³-hybridized carbons (Fsp3) is 0.667. The Labute approximate surface area is 135 Å². The Morgan fingerprint density at radius 2 is 2.13 bits per heavy atom. The molecular formula is C15H24N6O2. The zero-order chi connectivity index (χ0) is 16.4. The second-order valence-electron chi connectivity index (χ2n) is 5.49. The molecule has 0 aromatic carbocycles. The molecule has 0 bridgehead atoms. The zero-order valence-electron chi connectivity index (χ0n) is 14.0. The van der Waals surface area contributed by atoms with Gasteiger partial charge in [0.1, 0.15) is 6.23 Å². The maximum absolute atomic E-state index is 6.17. The molecule has 2 N–H and O–H groups in total. The van der Waals surface area contributed by atoms with E-state index in [0.717, 1.165) is 24.0 Å². The largest absolute Gasteiger partial charge is 0.376 e. The maximum atomic E-state index is 6.17. The first-order chi connectivity index (χ1) is 11.2. The highest BCUT2D eigenvalue weighted by atomic mass is 16.6. The van der Waals surface area contributed by atoms with Gasteiger partial charge in [0.15, 0.2) is 17.0 Å². The van der Waals surface area contributed by atoms with E-state index in [0.29, 0.717) is 18.4 Å². The van der Waals surface area contributed by atoms with Gasteiger partial charge in [0, 0.05) is 27.1 Å². The van der Waals surface area contributed by atoms with Gasteiger partial charge in [0.05, 0.1) is 18.5 Å². The Morgan fingerprint density at radius 3 is 2.78 bits per heavy atom. The van der Waals surface area contributed by atoms with Crippen LogP contribution in [0.2, 0.25) is 0 Å². The van der Waals surface area contributed by atoms with Crippen LogP contribution in [-0.2, 0) is 9.47 Å². The van der Waals surface area contributed by atoms with Gasteiger partial charge in [-0.2, -0.15) is 9.97 Å². The lowest BCUT2D eigenvalue weighted by Gasteiger charge is -2.16. The fourth-order valence-electron chi connectivity index (χ4n) is 3.04. The lowest BCUT2D eigenvalue weighted by atomic mass is 10.1. The van der Waals surface area contributed by atoms with Crippen LogP contribution in [0, 0.1) is 0 Å². The van der Waals surface area contributed by atoms with Crippen molar-refractivity contribution in [2.75, 3.05) is 31.3 Å². The summed E-state index contributed by atoms with van der Waals surface area (Å²) in [7, 11) is 3.62. The molecule has 0 radical (unpaired) electrons. The average Bonchev–Trinajstić information content (AvgIpc) is 3.17. The van der Waals surface area contributed by atoms with Crippen molar-refractivity contribution in [2.24, 2.45) is 0 Å². The predicted octanol–water partition coefficient (Wildman–Crippen LogP) is 2.01. The van der Waals surface area contributed by atoms with Crippen molar-refractivity contribution in [3.8, 4) is 0 Å². The van der Waals surface area contributed by atoms with Crippen molar-refractivity contribution < 1.29 is 9.47 Å². The molecule has 1 aliphatic rings. The van der Waals surface area contributed by atoms with Gasteiger partial charge in [-0.15, -0.1) is 0 Å². The summed E-state index contributed by atoms with van der Waals surface area (Å²) in [5.41, 5.74) is 1.49. The molecule has 23 heavy (non-hydrogen) atoms. The number of rotatable bonds is 6. The molecule has 3 heterocycles. The van der Waals surface area contributed by atoms with E-state index < -0.39 is 0 Å². The number of aromatic nitrogens is 4. The summed E-state index contributed by atoms with van der Waals surface area (Å²) < 4.78 is 14.0. The van der Waals surface area contributed by atoms with Crippen molar-refractivity contribution in [1.29, 1.82) is 0 Å². The third-order valence-corrected chi connectivity index (χ3v) is 4.16. The number of hydrogen-bond donors (Lipinski definition) is 2. The number of hydrogen-bond acceptors (Lipinski definition) is 7. The number of nitrogens with one attached hydrogen (secondary N) is 2. The molecular weight excluding hydrogens is 296 g/mol. The lowest BCUT2D eigenvalue weighted by Crippen LogP contribution is -2.23. The van der Waals surface area contributed by atoms with Crippen molar-refractivity contribution in [1.82, 2.24) is 19.5 Å². The first-order valence-electron chi connectivity index (χ1n) is 8.08. The number of imidazole rings is 1. The quantitative estimate of drug-likeness (QED) is 0.842. The van der Waals surface area contributed by atoms with Crippen LogP contribution >= 0.6 is 0 Å². The van der Waals surface area contributed by atoms with Gasteiger partial charge in [-0.1, -0.05) is 6.92 Å². The van der Waals surface area contributed by atoms with E-state index in [1.165, 1.54) is 0 Å². The molecule has 3 rings (SSSR count). The molecule has 1 aliphatic heterocycles. The van der Waals surface area contributed by atoms with Gasteiger partial charge in [0.25, 0.3) is 0 Å². The van der Waals surface area contributed by atoms with Gasteiger partial charge in [-0.3, -0.25) is 4.57 Å². The molecule has 1 saturated heterocycles. The molecule has 126 valence electrons. The molecule has 2 aromatic heterocycles. The first-order valence-corrected chi connectivity index (χ1v) is 8.08. The molecule has 0 aliphatic carbocycles. The Morgan fingerprint density at radius 1 is 1.30 bits per heavy atom. The molecule has 1 unspecified atom stereocenters. The van der Waals surface area contributed by atoms with E-state index in [1.54, 1.807) is 13.4 Å². The minimum atomic E-state index is -0.120. The monoisotopic (exact) mass is 320 g/mol. The summed E-state index contributed by atoms with van der Waals surface area (Å²) in [4.78, 5) is 13.4. The number of fused-ring (bicyclic) bond motifs is 1. The maximum Gasteiger partial charge on any atom is 0.226 e. The standard InChI is InChI=1S/C15H24N6O2/c1-5-9-10(22-6-2)7-11(23-9)21-8-18-12-13(16-3)19-15(17-4)20-14(12)21/h8-11H,5-7H2,1-4H3,(H2,16,17,19,20)/t9-,10?,11-/m1/s1. The summed E-state index contributed by atoms with van der Waals surface area (Å²) in [5.74, 6) is 1.25. The van der Waals surface area contributed by atoms with E-state index in [4.69, 9.17) is 9.47 Å².